The highest BCUT2D eigenvalue weighted by molar-refractivity contribution is 7.70. The largest absolute Gasteiger partial charge is 0.478 e. The summed E-state index contributed by atoms with van der Waals surface area (Å²) in [6.45, 7) is 0. The molecule has 8 heavy (non-hydrogen) atoms. The van der Waals surface area contributed by atoms with Crippen LogP contribution in [-0.4, -0.2) is 24.5 Å². The Morgan fingerprint density at radius 2 is 2.12 bits per heavy atom. The molecule has 0 atom stereocenters. The minimum absolute atomic E-state index is 0.420. The molecule has 0 amide bonds. The Bertz CT molecular complexity index is 232. The van der Waals surface area contributed by atoms with Crippen molar-refractivity contribution in [1.82, 2.24) is 0 Å². The van der Waals surface area contributed by atoms with Crippen LogP contribution in [0, 0.1) is 0 Å². The van der Waals surface area contributed by atoms with Gasteiger partial charge < -0.3 is 5.11 Å². The molecule has 0 aliphatic carbocycles. The third-order valence-corrected chi connectivity index (χ3v) is 0.589. The van der Waals surface area contributed by atoms with E-state index in [4.69, 9.17) is 5.11 Å². The molecule has 0 aromatic carbocycles. The van der Waals surface area contributed by atoms with Gasteiger partial charge in [-0.05, 0) is 0 Å². The van der Waals surface area contributed by atoms with E-state index < -0.39 is 16.3 Å². The second kappa shape index (κ2) is 3.01. The first-order valence-corrected chi connectivity index (χ1v) is 2.62. The topological polar surface area (TPSA) is 71.4 Å². The van der Waals surface area contributed by atoms with Gasteiger partial charge in [0, 0.05) is 5.02 Å². The van der Waals surface area contributed by atoms with Crippen molar-refractivity contribution in [3.8, 4) is 0 Å². The molecular formula is C3H2O4S. The molecule has 0 bridgehead atoms. The molecule has 4 nitrogen and oxygen atoms in total. The molecule has 1 N–H and O–H groups in total. The van der Waals surface area contributed by atoms with E-state index in [0.717, 1.165) is 0 Å². The van der Waals surface area contributed by atoms with E-state index in [1.54, 1.807) is 0 Å². The zero-order valence-corrected chi connectivity index (χ0v) is 4.47. The summed E-state index contributed by atoms with van der Waals surface area (Å²) in [5.41, 5.74) is 0. The number of carboxylic acids is 1. The summed E-state index contributed by atoms with van der Waals surface area (Å²) in [6, 6.07) is 0. The van der Waals surface area contributed by atoms with E-state index in [-0.39, 0.29) is 0 Å². The summed E-state index contributed by atoms with van der Waals surface area (Å²) in [6.07, 6.45) is 0.420. The summed E-state index contributed by atoms with van der Waals surface area (Å²) >= 11 is 0. The van der Waals surface area contributed by atoms with Crippen molar-refractivity contribution >= 4 is 21.3 Å². The summed E-state index contributed by atoms with van der Waals surface area (Å²) in [5, 5.41) is 9.31. The minimum Gasteiger partial charge on any atom is -0.478 e. The Balaban J connectivity index is 4.52. The van der Waals surface area contributed by atoms with Crippen molar-refractivity contribution in [3.05, 3.63) is 6.08 Å². The van der Waals surface area contributed by atoms with Gasteiger partial charge in [-0.25, -0.2) is 4.79 Å². The highest BCUT2D eigenvalue weighted by Gasteiger charge is 1.79. The predicted molar refractivity (Wildman–Crippen MR) is 26.1 cm³/mol. The molecule has 0 aromatic rings. The summed E-state index contributed by atoms with van der Waals surface area (Å²) < 4.78 is 19.0. The lowest BCUT2D eigenvalue weighted by molar-refractivity contribution is -0.131. The zero-order chi connectivity index (χ0) is 6.57. The Morgan fingerprint density at radius 1 is 1.62 bits per heavy atom. The molecular weight excluding hydrogens is 132 g/mol. The Morgan fingerprint density at radius 3 is 2.25 bits per heavy atom. The zero-order valence-electron chi connectivity index (χ0n) is 3.66. The third-order valence-electron chi connectivity index (χ3n) is 0.279. The fourth-order valence-corrected chi connectivity index (χ4v) is 0.296. The first-order chi connectivity index (χ1) is 3.63. The standard InChI is InChI=1S/C3H2O4S/c4-3(5)1-2-8(6)7/h1H,(H,4,5). The Labute approximate surface area is 46.6 Å². The fraction of sp³-hybridized carbons (Fsp3) is 0. The smallest absolute Gasteiger partial charge is 0.337 e. The van der Waals surface area contributed by atoms with Gasteiger partial charge in [0.05, 0.1) is 6.08 Å². The van der Waals surface area contributed by atoms with Crippen LogP contribution in [-0.2, 0) is 15.1 Å². The van der Waals surface area contributed by atoms with E-state index >= 15 is 0 Å². The molecule has 0 radical (unpaired) electrons. The SMILES string of the molecule is O=C(O)C=C=S(=O)=O. The van der Waals surface area contributed by atoms with Crippen molar-refractivity contribution in [2.45, 2.75) is 0 Å². The van der Waals surface area contributed by atoms with Crippen molar-refractivity contribution in [2.24, 2.45) is 0 Å². The molecule has 0 fully saturated rings. The van der Waals surface area contributed by atoms with Crippen LogP contribution >= 0.6 is 0 Å². The van der Waals surface area contributed by atoms with Gasteiger partial charge in [0.2, 0.25) is 0 Å². The van der Waals surface area contributed by atoms with E-state index in [9.17, 15) is 13.2 Å². The summed E-state index contributed by atoms with van der Waals surface area (Å²) in [4.78, 5) is 9.51. The van der Waals surface area contributed by atoms with Crippen LogP contribution in [0.1, 0.15) is 0 Å². The molecule has 5 heteroatoms. The van der Waals surface area contributed by atoms with Gasteiger partial charge in [0.25, 0.3) is 10.3 Å². The van der Waals surface area contributed by atoms with Crippen LogP contribution in [0.3, 0.4) is 0 Å². The minimum atomic E-state index is -2.52. The first kappa shape index (κ1) is 6.94. The quantitative estimate of drug-likeness (QED) is 0.365. The fourth-order valence-electron chi connectivity index (χ4n) is 0.0985. The van der Waals surface area contributed by atoms with Gasteiger partial charge in [-0.3, -0.25) is 0 Å². The average Bonchev–Trinajstić information content (AvgIpc) is 1.61. The third kappa shape index (κ3) is 4.94. The highest BCUT2D eigenvalue weighted by atomic mass is 32.2. The number of carbonyl (C=O) groups is 1. The van der Waals surface area contributed by atoms with Gasteiger partial charge in [0.15, 0.2) is 0 Å². The van der Waals surface area contributed by atoms with Crippen molar-refractivity contribution in [1.29, 1.82) is 0 Å². The van der Waals surface area contributed by atoms with E-state index in [2.05, 4.69) is 0 Å². The number of carboxylic acid groups (broad SMARTS) is 1. The maximum Gasteiger partial charge on any atom is 0.337 e. The van der Waals surface area contributed by atoms with E-state index in [0.29, 0.717) is 6.08 Å². The lowest BCUT2D eigenvalue weighted by Crippen LogP contribution is -1.85. The monoisotopic (exact) mass is 134 g/mol. The van der Waals surface area contributed by atoms with Crippen LogP contribution in [0.4, 0.5) is 0 Å². The molecule has 0 aliphatic heterocycles. The average molecular weight is 134 g/mol. The maximum atomic E-state index is 9.51. The van der Waals surface area contributed by atoms with Crippen molar-refractivity contribution in [3.63, 3.8) is 0 Å². The van der Waals surface area contributed by atoms with Crippen molar-refractivity contribution < 1.29 is 18.3 Å². The van der Waals surface area contributed by atoms with Gasteiger partial charge in [-0.1, -0.05) is 0 Å². The lowest BCUT2D eigenvalue weighted by atomic mass is 10.7. The van der Waals surface area contributed by atoms with Crippen LogP contribution in [0.2, 0.25) is 0 Å². The number of hydrogen-bond acceptors (Lipinski definition) is 3. The van der Waals surface area contributed by atoms with Crippen LogP contribution in [0.5, 0.6) is 0 Å². The van der Waals surface area contributed by atoms with E-state index in [1.807, 2.05) is 0 Å². The lowest BCUT2D eigenvalue weighted by Gasteiger charge is -1.64. The number of rotatable bonds is 1. The molecule has 0 rings (SSSR count). The van der Waals surface area contributed by atoms with Gasteiger partial charge >= 0.3 is 5.97 Å². The molecule has 0 unspecified atom stereocenters. The second-order valence-electron chi connectivity index (χ2n) is 0.835. The molecule has 0 heterocycles. The molecule has 0 saturated heterocycles. The van der Waals surface area contributed by atoms with E-state index in [1.165, 1.54) is 5.02 Å². The van der Waals surface area contributed by atoms with Gasteiger partial charge in [-0.2, -0.15) is 8.42 Å². The highest BCUT2D eigenvalue weighted by Crippen LogP contribution is 1.55. The molecule has 0 spiro atoms. The van der Waals surface area contributed by atoms with Crippen molar-refractivity contribution in [2.75, 3.05) is 0 Å². The van der Waals surface area contributed by atoms with Gasteiger partial charge in [0.1, 0.15) is 0 Å². The molecule has 0 aliphatic rings. The Kier molecular flexibility index (Phi) is 2.61. The summed E-state index contributed by atoms with van der Waals surface area (Å²) in [5.74, 6) is -1.32. The first-order valence-electron chi connectivity index (χ1n) is 1.54. The summed E-state index contributed by atoms with van der Waals surface area (Å²) in [7, 11) is -2.52. The maximum absolute atomic E-state index is 9.51. The molecule has 0 saturated carbocycles. The normalized spacial score (nSPS) is 7.00. The number of hydrogen-bond donors (Lipinski definition) is 1. The number of aliphatic carboxylic acids is 1. The predicted octanol–water partition coefficient (Wildman–Crippen LogP) is -1.09. The second-order valence-corrected chi connectivity index (χ2v) is 1.54. The van der Waals surface area contributed by atoms with Crippen LogP contribution in [0.25, 0.3) is 0 Å². The van der Waals surface area contributed by atoms with Crippen LogP contribution in [0.15, 0.2) is 6.08 Å². The Hall–Kier alpha value is -1.06. The van der Waals surface area contributed by atoms with Gasteiger partial charge in [-0.15, -0.1) is 0 Å². The molecule has 0 aromatic heterocycles. The van der Waals surface area contributed by atoms with Crippen LogP contribution < -0.4 is 0 Å². The molecule has 44 valence electrons.